The first-order valence-electron chi connectivity index (χ1n) is 4.04. The Bertz CT molecular complexity index is 281. The van der Waals surface area contributed by atoms with Crippen LogP contribution in [0.4, 0.5) is 0 Å². The SMILES string of the molecule is CC[CH]c1ccnc(C(C)=O)c1. The molecule has 0 bridgehead atoms. The highest BCUT2D eigenvalue weighted by Crippen LogP contribution is 2.06. The van der Waals surface area contributed by atoms with Gasteiger partial charge in [0.25, 0.3) is 0 Å². The minimum Gasteiger partial charge on any atom is -0.293 e. The van der Waals surface area contributed by atoms with Gasteiger partial charge in [-0.15, -0.1) is 0 Å². The molecule has 2 heteroatoms. The van der Waals surface area contributed by atoms with Crippen molar-refractivity contribution in [3.63, 3.8) is 0 Å². The summed E-state index contributed by atoms with van der Waals surface area (Å²) in [6, 6.07) is 3.71. The van der Waals surface area contributed by atoms with E-state index in [2.05, 4.69) is 18.3 Å². The summed E-state index contributed by atoms with van der Waals surface area (Å²) >= 11 is 0. The van der Waals surface area contributed by atoms with Crippen LogP contribution in [0.3, 0.4) is 0 Å². The lowest BCUT2D eigenvalue weighted by Crippen LogP contribution is -1.96. The third-order valence-corrected chi connectivity index (χ3v) is 1.58. The van der Waals surface area contributed by atoms with Gasteiger partial charge in [0.15, 0.2) is 5.78 Å². The van der Waals surface area contributed by atoms with Crippen LogP contribution in [0.2, 0.25) is 0 Å². The van der Waals surface area contributed by atoms with Gasteiger partial charge in [-0.3, -0.25) is 9.78 Å². The van der Waals surface area contributed by atoms with Crippen molar-refractivity contribution in [2.24, 2.45) is 0 Å². The number of Topliss-reactive ketones (excluding diaryl/α,β-unsaturated/α-hetero) is 1. The second-order valence-electron chi connectivity index (χ2n) is 2.64. The molecular weight excluding hydrogens is 150 g/mol. The van der Waals surface area contributed by atoms with Crippen LogP contribution in [0.5, 0.6) is 0 Å². The molecule has 0 aliphatic heterocycles. The lowest BCUT2D eigenvalue weighted by molar-refractivity contribution is 0.101. The number of hydrogen-bond donors (Lipinski definition) is 0. The molecule has 1 rings (SSSR count). The van der Waals surface area contributed by atoms with Crippen molar-refractivity contribution in [3.05, 3.63) is 36.0 Å². The van der Waals surface area contributed by atoms with Crippen LogP contribution in [-0.2, 0) is 0 Å². The van der Waals surface area contributed by atoms with Gasteiger partial charge in [-0.1, -0.05) is 6.92 Å². The Morgan fingerprint density at radius 1 is 1.67 bits per heavy atom. The van der Waals surface area contributed by atoms with Crippen LogP contribution >= 0.6 is 0 Å². The van der Waals surface area contributed by atoms with Crippen molar-refractivity contribution in [2.45, 2.75) is 20.3 Å². The van der Waals surface area contributed by atoms with Gasteiger partial charge in [0, 0.05) is 13.1 Å². The van der Waals surface area contributed by atoms with Crippen molar-refractivity contribution >= 4 is 5.78 Å². The van der Waals surface area contributed by atoms with Crippen LogP contribution in [0.15, 0.2) is 18.3 Å². The summed E-state index contributed by atoms with van der Waals surface area (Å²) in [5, 5.41) is 0. The minimum absolute atomic E-state index is 0.0151. The average Bonchev–Trinajstić information content (AvgIpc) is 2.05. The maximum absolute atomic E-state index is 10.9. The molecule has 0 atom stereocenters. The smallest absolute Gasteiger partial charge is 0.178 e. The number of ketones is 1. The highest BCUT2D eigenvalue weighted by Gasteiger charge is 2.00. The molecule has 1 aromatic rings. The Morgan fingerprint density at radius 3 is 3.00 bits per heavy atom. The fourth-order valence-corrected chi connectivity index (χ4v) is 1.00. The highest BCUT2D eigenvalue weighted by atomic mass is 16.1. The van der Waals surface area contributed by atoms with Gasteiger partial charge in [-0.2, -0.15) is 0 Å². The third kappa shape index (κ3) is 2.16. The number of pyridine rings is 1. The van der Waals surface area contributed by atoms with Gasteiger partial charge in [-0.05, 0) is 30.5 Å². The Hall–Kier alpha value is -1.18. The number of hydrogen-bond acceptors (Lipinski definition) is 2. The zero-order chi connectivity index (χ0) is 8.97. The molecule has 12 heavy (non-hydrogen) atoms. The van der Waals surface area contributed by atoms with E-state index in [0.717, 1.165) is 12.0 Å². The third-order valence-electron chi connectivity index (χ3n) is 1.58. The second-order valence-corrected chi connectivity index (χ2v) is 2.64. The summed E-state index contributed by atoms with van der Waals surface area (Å²) in [7, 11) is 0. The molecule has 0 fully saturated rings. The van der Waals surface area contributed by atoms with Crippen molar-refractivity contribution < 1.29 is 4.79 Å². The minimum atomic E-state index is 0.0151. The maximum atomic E-state index is 10.9. The van der Waals surface area contributed by atoms with E-state index >= 15 is 0 Å². The van der Waals surface area contributed by atoms with Crippen molar-refractivity contribution in [1.29, 1.82) is 0 Å². The van der Waals surface area contributed by atoms with E-state index in [9.17, 15) is 4.79 Å². The molecule has 1 heterocycles. The van der Waals surface area contributed by atoms with Gasteiger partial charge < -0.3 is 0 Å². The molecule has 0 N–H and O–H groups in total. The monoisotopic (exact) mass is 162 g/mol. The molecule has 0 amide bonds. The first kappa shape index (κ1) is 8.91. The zero-order valence-corrected chi connectivity index (χ0v) is 7.37. The first-order valence-corrected chi connectivity index (χ1v) is 4.04. The average molecular weight is 162 g/mol. The summed E-state index contributed by atoms with van der Waals surface area (Å²) < 4.78 is 0. The number of carbonyl (C=O) groups is 1. The van der Waals surface area contributed by atoms with Crippen molar-refractivity contribution in [1.82, 2.24) is 4.98 Å². The summed E-state index contributed by atoms with van der Waals surface area (Å²) in [4.78, 5) is 14.9. The molecule has 1 radical (unpaired) electrons. The van der Waals surface area contributed by atoms with Gasteiger partial charge in [0.05, 0.1) is 0 Å². The number of rotatable bonds is 3. The second kappa shape index (κ2) is 4.00. The quantitative estimate of drug-likeness (QED) is 0.638. The van der Waals surface area contributed by atoms with E-state index in [1.807, 2.05) is 12.1 Å². The van der Waals surface area contributed by atoms with Crippen LogP contribution in [0.1, 0.15) is 36.3 Å². The van der Waals surface area contributed by atoms with Gasteiger partial charge in [0.1, 0.15) is 5.69 Å². The Morgan fingerprint density at radius 2 is 2.42 bits per heavy atom. The van der Waals surface area contributed by atoms with E-state index < -0.39 is 0 Å². The molecule has 2 nitrogen and oxygen atoms in total. The first-order chi connectivity index (χ1) is 5.74. The fraction of sp³-hybridized carbons (Fsp3) is 0.300. The number of nitrogens with zero attached hydrogens (tertiary/aromatic N) is 1. The molecule has 0 aliphatic carbocycles. The lowest BCUT2D eigenvalue weighted by Gasteiger charge is -1.98. The zero-order valence-electron chi connectivity index (χ0n) is 7.37. The Kier molecular flexibility index (Phi) is 2.97. The predicted molar refractivity (Wildman–Crippen MR) is 47.9 cm³/mol. The van der Waals surface area contributed by atoms with Crippen LogP contribution in [0, 0.1) is 6.42 Å². The molecule has 0 spiro atoms. The largest absolute Gasteiger partial charge is 0.293 e. The van der Waals surface area contributed by atoms with Gasteiger partial charge >= 0.3 is 0 Å². The summed E-state index contributed by atoms with van der Waals surface area (Å²) in [6.45, 7) is 3.59. The van der Waals surface area contributed by atoms with Gasteiger partial charge in [0.2, 0.25) is 0 Å². The van der Waals surface area contributed by atoms with E-state index in [-0.39, 0.29) is 5.78 Å². The lowest BCUT2D eigenvalue weighted by atomic mass is 10.1. The summed E-state index contributed by atoms with van der Waals surface area (Å²) in [6.07, 6.45) is 4.70. The number of aromatic nitrogens is 1. The Labute approximate surface area is 72.6 Å². The van der Waals surface area contributed by atoms with E-state index in [1.54, 1.807) is 6.20 Å². The maximum Gasteiger partial charge on any atom is 0.178 e. The predicted octanol–water partition coefficient (Wildman–Crippen LogP) is 2.25. The molecule has 63 valence electrons. The highest BCUT2D eigenvalue weighted by molar-refractivity contribution is 5.92. The fourth-order valence-electron chi connectivity index (χ4n) is 1.00. The molecule has 0 aliphatic rings. The topological polar surface area (TPSA) is 30.0 Å². The molecule has 0 saturated carbocycles. The van der Waals surface area contributed by atoms with Crippen molar-refractivity contribution in [3.8, 4) is 0 Å². The van der Waals surface area contributed by atoms with Gasteiger partial charge in [-0.25, -0.2) is 0 Å². The molecule has 1 aromatic heterocycles. The molecule has 0 unspecified atom stereocenters. The molecular formula is C10H12NO. The van der Waals surface area contributed by atoms with Crippen molar-refractivity contribution in [2.75, 3.05) is 0 Å². The number of carbonyl (C=O) groups excluding carboxylic acids is 1. The van der Waals surface area contributed by atoms with Crippen LogP contribution in [0.25, 0.3) is 0 Å². The molecule has 0 aromatic carbocycles. The van der Waals surface area contributed by atoms with Crippen LogP contribution < -0.4 is 0 Å². The summed E-state index contributed by atoms with van der Waals surface area (Å²) in [5.41, 5.74) is 1.61. The van der Waals surface area contributed by atoms with E-state index in [4.69, 9.17) is 0 Å². The summed E-state index contributed by atoms with van der Waals surface area (Å²) in [5.74, 6) is 0.0151. The van der Waals surface area contributed by atoms with E-state index in [0.29, 0.717) is 5.69 Å². The van der Waals surface area contributed by atoms with E-state index in [1.165, 1.54) is 6.92 Å². The van der Waals surface area contributed by atoms with Crippen LogP contribution in [-0.4, -0.2) is 10.8 Å². The normalized spacial score (nSPS) is 9.83. The Balaban J connectivity index is 2.88. The molecule has 0 saturated heterocycles. The standard InChI is InChI=1S/C10H12NO/c1-3-4-9-5-6-11-10(7-9)8(2)12/h4-7H,3H2,1-2H3.